The lowest BCUT2D eigenvalue weighted by Gasteiger charge is -2.53. The van der Waals surface area contributed by atoms with Gasteiger partial charge in [0.2, 0.25) is 12.6 Å². The first-order valence-electron chi connectivity index (χ1n) is 13.9. The SMILES string of the molecule is CC(=O)O[C@@H]1O[C@@H](OC(C)=O)[C@H]2CC[C@@H]3C(C)(C)[C@H]4[C@@H](OC(=O)C5(C)OC5C)C=C1[C@@]23[C@H]4OC(=O)CC(C)C. The van der Waals surface area contributed by atoms with Gasteiger partial charge < -0.3 is 23.7 Å². The zero-order valence-electron chi connectivity index (χ0n) is 24.0. The molecule has 10 atom stereocenters. The summed E-state index contributed by atoms with van der Waals surface area (Å²) < 4.78 is 35.5. The van der Waals surface area contributed by atoms with Crippen molar-refractivity contribution >= 4 is 23.9 Å². The van der Waals surface area contributed by atoms with E-state index >= 15 is 0 Å². The van der Waals surface area contributed by atoms with E-state index in [0.717, 1.165) is 6.42 Å². The van der Waals surface area contributed by atoms with Crippen LogP contribution >= 0.6 is 0 Å². The van der Waals surface area contributed by atoms with Gasteiger partial charge in [-0.25, -0.2) is 4.79 Å². The third-order valence-electron chi connectivity index (χ3n) is 9.73. The monoisotopic (exact) mass is 548 g/mol. The molecule has 4 fully saturated rings. The second-order valence-electron chi connectivity index (χ2n) is 12.9. The van der Waals surface area contributed by atoms with Crippen LogP contribution in [-0.2, 0) is 47.6 Å². The second-order valence-corrected chi connectivity index (χ2v) is 12.9. The Morgan fingerprint density at radius 1 is 1.00 bits per heavy atom. The van der Waals surface area contributed by atoms with Crippen LogP contribution in [0.3, 0.4) is 0 Å². The Labute approximate surface area is 229 Å². The molecule has 39 heavy (non-hydrogen) atoms. The third-order valence-corrected chi connectivity index (χ3v) is 9.73. The van der Waals surface area contributed by atoms with Crippen molar-refractivity contribution in [2.45, 2.75) is 111 Å². The molecule has 5 rings (SSSR count). The minimum atomic E-state index is -1.20. The van der Waals surface area contributed by atoms with Crippen molar-refractivity contribution in [2.24, 2.45) is 34.5 Å². The van der Waals surface area contributed by atoms with E-state index in [4.69, 9.17) is 28.4 Å². The molecule has 0 radical (unpaired) electrons. The van der Waals surface area contributed by atoms with Gasteiger partial charge in [0, 0.05) is 43.1 Å². The Balaban J connectivity index is 1.66. The fourth-order valence-corrected chi connectivity index (χ4v) is 8.04. The number of ether oxygens (including phenoxy) is 6. The van der Waals surface area contributed by atoms with Crippen molar-refractivity contribution in [3.8, 4) is 0 Å². The van der Waals surface area contributed by atoms with Crippen LogP contribution in [0.1, 0.15) is 74.7 Å². The van der Waals surface area contributed by atoms with Crippen LogP contribution in [0, 0.1) is 34.5 Å². The average molecular weight is 549 g/mol. The predicted octanol–water partition coefficient (Wildman–Crippen LogP) is 3.45. The van der Waals surface area contributed by atoms with Gasteiger partial charge in [0.05, 0.1) is 6.10 Å². The number of hydrogen-bond donors (Lipinski definition) is 0. The van der Waals surface area contributed by atoms with E-state index in [1.165, 1.54) is 13.8 Å². The summed E-state index contributed by atoms with van der Waals surface area (Å²) in [7, 11) is 0. The highest BCUT2D eigenvalue weighted by Crippen LogP contribution is 2.75. The van der Waals surface area contributed by atoms with Gasteiger partial charge in [-0.05, 0) is 50.0 Å². The van der Waals surface area contributed by atoms with E-state index in [2.05, 4.69) is 13.8 Å². The largest absolute Gasteiger partial charge is 0.461 e. The molecule has 3 aliphatic carbocycles. The van der Waals surface area contributed by atoms with Crippen molar-refractivity contribution in [1.82, 2.24) is 0 Å². The summed E-state index contributed by atoms with van der Waals surface area (Å²) in [5, 5.41) is 0. The van der Waals surface area contributed by atoms with Crippen LogP contribution in [0.2, 0.25) is 0 Å². The smallest absolute Gasteiger partial charge is 0.341 e. The molecular weight excluding hydrogens is 508 g/mol. The molecule has 5 aliphatic rings. The molecule has 2 bridgehead atoms. The number of fused-ring (bicyclic) bond motifs is 1. The zero-order chi connectivity index (χ0) is 28.7. The predicted molar refractivity (Wildman–Crippen MR) is 134 cm³/mol. The summed E-state index contributed by atoms with van der Waals surface area (Å²) in [6.07, 6.45) is -0.501. The third kappa shape index (κ3) is 4.20. The van der Waals surface area contributed by atoms with E-state index < -0.39 is 59.1 Å². The average Bonchev–Trinajstić information content (AvgIpc) is 3.17. The first-order valence-corrected chi connectivity index (χ1v) is 13.9. The fourth-order valence-electron chi connectivity index (χ4n) is 8.04. The fraction of sp³-hybridized carbons (Fsp3) is 0.793. The van der Waals surface area contributed by atoms with Crippen LogP contribution in [-0.4, -0.2) is 60.4 Å². The van der Waals surface area contributed by atoms with Crippen LogP contribution in [0.25, 0.3) is 0 Å². The van der Waals surface area contributed by atoms with Gasteiger partial charge in [0.1, 0.15) is 12.2 Å². The highest BCUT2D eigenvalue weighted by atomic mass is 16.8. The quantitative estimate of drug-likeness (QED) is 0.202. The Morgan fingerprint density at radius 3 is 2.21 bits per heavy atom. The summed E-state index contributed by atoms with van der Waals surface area (Å²) in [5.74, 6) is -2.65. The van der Waals surface area contributed by atoms with Crippen molar-refractivity contribution in [3.63, 3.8) is 0 Å². The number of esters is 4. The minimum absolute atomic E-state index is 0.0431. The Hall–Kier alpha value is -2.46. The Bertz CT molecular complexity index is 1110. The Morgan fingerprint density at radius 2 is 1.64 bits per heavy atom. The molecule has 0 aromatic rings. The summed E-state index contributed by atoms with van der Waals surface area (Å²) in [5.41, 5.74) is -1.73. The van der Waals surface area contributed by atoms with E-state index in [9.17, 15) is 19.2 Å². The van der Waals surface area contributed by atoms with Gasteiger partial charge in [-0.15, -0.1) is 0 Å². The molecule has 2 aliphatic heterocycles. The standard InChI is InChI=1S/C29H40O10/c1-13(2)11-21(32)37-23-22-19(36-26(33)28(8)14(3)39-28)12-18-25(35-16(5)31)38-24(34-15(4)30)17-9-10-20(27(22,6)7)29(17,18)23/h12-14,17,19-20,22-25H,9-11H2,1-8H3/t14?,17-,19+,20-,22+,23+,24-,25-,28?,29+/m1/s1. The molecule has 10 heteroatoms. The molecule has 0 N–H and O–H groups in total. The lowest BCUT2D eigenvalue weighted by molar-refractivity contribution is -0.283. The molecule has 2 saturated heterocycles. The summed E-state index contributed by atoms with van der Waals surface area (Å²) in [6, 6.07) is 0. The lowest BCUT2D eigenvalue weighted by atomic mass is 9.61. The molecule has 2 heterocycles. The summed E-state index contributed by atoms with van der Waals surface area (Å²) >= 11 is 0. The minimum Gasteiger partial charge on any atom is -0.461 e. The topological polar surface area (TPSA) is 127 Å². The van der Waals surface area contributed by atoms with Gasteiger partial charge >= 0.3 is 23.9 Å². The number of rotatable bonds is 7. The normalized spacial score (nSPS) is 42.7. The number of carbonyl (C=O) groups excluding carboxylic acids is 4. The molecule has 1 spiro atoms. The summed E-state index contributed by atoms with van der Waals surface area (Å²) in [4.78, 5) is 50.8. The van der Waals surface area contributed by atoms with Crippen molar-refractivity contribution < 1.29 is 47.6 Å². The van der Waals surface area contributed by atoms with Gasteiger partial charge in [-0.2, -0.15) is 0 Å². The molecule has 0 aromatic carbocycles. The van der Waals surface area contributed by atoms with Crippen molar-refractivity contribution in [2.75, 3.05) is 0 Å². The summed E-state index contributed by atoms with van der Waals surface area (Å²) in [6.45, 7) is 14.2. The maximum atomic E-state index is 13.3. The number of epoxide rings is 1. The Kier molecular flexibility index (Phi) is 6.69. The highest BCUT2D eigenvalue weighted by Gasteiger charge is 2.79. The van der Waals surface area contributed by atoms with Crippen molar-refractivity contribution in [1.29, 1.82) is 0 Å². The zero-order valence-corrected chi connectivity index (χ0v) is 24.0. The molecule has 0 aromatic heterocycles. The van der Waals surface area contributed by atoms with Gasteiger partial charge in [-0.1, -0.05) is 27.7 Å². The first kappa shape index (κ1) is 28.1. The first-order chi connectivity index (χ1) is 18.1. The molecule has 2 saturated carbocycles. The maximum absolute atomic E-state index is 13.3. The van der Waals surface area contributed by atoms with E-state index in [0.29, 0.717) is 12.0 Å². The molecule has 0 amide bonds. The van der Waals surface area contributed by atoms with Crippen LogP contribution in [0.15, 0.2) is 11.6 Å². The lowest BCUT2D eigenvalue weighted by Crippen LogP contribution is -2.60. The van der Waals surface area contributed by atoms with Crippen molar-refractivity contribution in [3.05, 3.63) is 11.6 Å². The maximum Gasteiger partial charge on any atom is 0.341 e. The van der Waals surface area contributed by atoms with Crippen LogP contribution in [0.5, 0.6) is 0 Å². The van der Waals surface area contributed by atoms with E-state index in [-0.39, 0.29) is 42.2 Å². The highest BCUT2D eigenvalue weighted by molar-refractivity contribution is 5.83. The molecule has 2 unspecified atom stereocenters. The van der Waals surface area contributed by atoms with Gasteiger partial charge in [0.15, 0.2) is 5.60 Å². The molecule has 10 nitrogen and oxygen atoms in total. The van der Waals surface area contributed by atoms with E-state index in [1.54, 1.807) is 13.8 Å². The number of hydrogen-bond acceptors (Lipinski definition) is 10. The van der Waals surface area contributed by atoms with Gasteiger partial charge in [0.25, 0.3) is 0 Å². The molecule has 216 valence electrons. The van der Waals surface area contributed by atoms with E-state index in [1.807, 2.05) is 19.9 Å². The molecular formula is C29H40O10. The van der Waals surface area contributed by atoms with Crippen LogP contribution in [0.4, 0.5) is 0 Å². The second kappa shape index (κ2) is 9.29. The van der Waals surface area contributed by atoms with Crippen LogP contribution < -0.4 is 0 Å². The van der Waals surface area contributed by atoms with Gasteiger partial charge in [-0.3, -0.25) is 19.1 Å². The number of carbonyl (C=O) groups is 4.